The van der Waals surface area contributed by atoms with Gasteiger partial charge >= 0.3 is 0 Å². The largest absolute Gasteiger partial charge is 0.348 e. The van der Waals surface area contributed by atoms with Crippen LogP contribution in [0.4, 0.5) is 13.2 Å². The molecule has 2 rings (SSSR count). The minimum atomic E-state index is -0.983. The maximum atomic E-state index is 13.3. The molecule has 0 atom stereocenters. The van der Waals surface area contributed by atoms with Crippen molar-refractivity contribution >= 4 is 21.8 Å². The van der Waals surface area contributed by atoms with Crippen molar-refractivity contribution in [2.75, 3.05) is 0 Å². The van der Waals surface area contributed by atoms with E-state index in [4.69, 9.17) is 0 Å². The third-order valence-corrected chi connectivity index (χ3v) is 3.44. The lowest BCUT2D eigenvalue weighted by Crippen LogP contribution is -2.23. The summed E-state index contributed by atoms with van der Waals surface area (Å²) in [6.07, 6.45) is 0. The fourth-order valence-electron chi connectivity index (χ4n) is 1.61. The molecule has 0 fully saturated rings. The molecule has 0 unspecified atom stereocenters. The Morgan fingerprint density at radius 2 is 1.80 bits per heavy atom. The van der Waals surface area contributed by atoms with Gasteiger partial charge in [-0.15, -0.1) is 0 Å². The van der Waals surface area contributed by atoms with Crippen LogP contribution in [0.5, 0.6) is 0 Å². The molecule has 2 aromatic rings. The molecule has 6 heteroatoms. The third kappa shape index (κ3) is 3.19. The predicted octanol–water partition coefficient (Wildman–Crippen LogP) is 3.80. The van der Waals surface area contributed by atoms with E-state index in [2.05, 4.69) is 21.2 Å². The minimum Gasteiger partial charge on any atom is -0.348 e. The van der Waals surface area contributed by atoms with E-state index in [0.29, 0.717) is 5.56 Å². The number of hydrogen-bond acceptors (Lipinski definition) is 1. The van der Waals surface area contributed by atoms with Crippen LogP contribution in [0.25, 0.3) is 0 Å². The van der Waals surface area contributed by atoms with E-state index in [-0.39, 0.29) is 16.6 Å². The van der Waals surface area contributed by atoms with E-state index in [9.17, 15) is 18.0 Å². The first kappa shape index (κ1) is 14.6. The van der Waals surface area contributed by atoms with E-state index < -0.39 is 23.4 Å². The second-order valence-electron chi connectivity index (χ2n) is 4.03. The van der Waals surface area contributed by atoms with Gasteiger partial charge in [-0.1, -0.05) is 12.1 Å². The van der Waals surface area contributed by atoms with Gasteiger partial charge in [0.15, 0.2) is 11.6 Å². The van der Waals surface area contributed by atoms with Crippen LogP contribution in [0.1, 0.15) is 15.9 Å². The van der Waals surface area contributed by atoms with Gasteiger partial charge in [-0.25, -0.2) is 13.2 Å². The highest BCUT2D eigenvalue weighted by molar-refractivity contribution is 9.10. The molecular formula is C14H9BrF3NO. The van der Waals surface area contributed by atoms with Gasteiger partial charge in [-0.3, -0.25) is 4.79 Å². The predicted molar refractivity (Wildman–Crippen MR) is 71.6 cm³/mol. The summed E-state index contributed by atoms with van der Waals surface area (Å²) in [4.78, 5) is 11.9. The molecule has 20 heavy (non-hydrogen) atoms. The molecule has 1 amide bonds. The van der Waals surface area contributed by atoms with Crippen LogP contribution >= 0.6 is 15.9 Å². The summed E-state index contributed by atoms with van der Waals surface area (Å²) in [5.74, 6) is -3.00. The molecule has 0 aliphatic carbocycles. The van der Waals surface area contributed by atoms with Gasteiger partial charge in [0.05, 0.1) is 10.0 Å². The molecule has 0 aliphatic heterocycles. The zero-order chi connectivity index (χ0) is 14.7. The van der Waals surface area contributed by atoms with Gasteiger partial charge in [-0.05, 0) is 45.8 Å². The number of carbonyl (C=O) groups is 1. The fraction of sp³-hybridized carbons (Fsp3) is 0.0714. The molecule has 0 radical (unpaired) electrons. The lowest BCUT2D eigenvalue weighted by atomic mass is 10.2. The summed E-state index contributed by atoms with van der Waals surface area (Å²) < 4.78 is 39.1. The van der Waals surface area contributed by atoms with Crippen molar-refractivity contribution in [2.24, 2.45) is 0 Å². The number of nitrogens with one attached hydrogen (secondary N) is 1. The summed E-state index contributed by atoms with van der Waals surface area (Å²) >= 11 is 2.98. The van der Waals surface area contributed by atoms with Gasteiger partial charge in [0, 0.05) is 6.54 Å². The van der Waals surface area contributed by atoms with Crippen LogP contribution in [0.3, 0.4) is 0 Å². The van der Waals surface area contributed by atoms with Crippen LogP contribution in [0, 0.1) is 17.5 Å². The number of rotatable bonds is 3. The van der Waals surface area contributed by atoms with Gasteiger partial charge < -0.3 is 5.32 Å². The molecule has 0 aliphatic rings. The van der Waals surface area contributed by atoms with Crippen LogP contribution in [0.2, 0.25) is 0 Å². The zero-order valence-electron chi connectivity index (χ0n) is 10.1. The molecule has 2 nitrogen and oxygen atoms in total. The maximum Gasteiger partial charge on any atom is 0.252 e. The highest BCUT2D eigenvalue weighted by atomic mass is 79.9. The van der Waals surface area contributed by atoms with Crippen LogP contribution in [-0.4, -0.2) is 5.91 Å². The van der Waals surface area contributed by atoms with Crippen LogP contribution < -0.4 is 5.32 Å². The number of benzene rings is 2. The Balaban J connectivity index is 2.08. The van der Waals surface area contributed by atoms with Crippen molar-refractivity contribution in [3.05, 3.63) is 69.4 Å². The summed E-state index contributed by atoms with van der Waals surface area (Å²) in [5.41, 5.74) is 0.539. The number of hydrogen-bond donors (Lipinski definition) is 1. The van der Waals surface area contributed by atoms with Crippen LogP contribution in [-0.2, 0) is 6.54 Å². The highest BCUT2D eigenvalue weighted by Gasteiger charge is 2.13. The second-order valence-corrected chi connectivity index (χ2v) is 4.83. The maximum absolute atomic E-state index is 13.3. The zero-order valence-corrected chi connectivity index (χ0v) is 11.7. The normalized spacial score (nSPS) is 10.4. The third-order valence-electron chi connectivity index (χ3n) is 2.63. The summed E-state index contributed by atoms with van der Waals surface area (Å²) in [6.45, 7) is 0.0129. The van der Waals surface area contributed by atoms with E-state index in [1.165, 1.54) is 24.3 Å². The Hall–Kier alpha value is -1.82. The first-order valence-corrected chi connectivity index (χ1v) is 6.44. The first-order chi connectivity index (χ1) is 9.49. The average Bonchev–Trinajstić information content (AvgIpc) is 2.43. The lowest BCUT2D eigenvalue weighted by molar-refractivity contribution is 0.0949. The van der Waals surface area contributed by atoms with Crippen molar-refractivity contribution < 1.29 is 18.0 Å². The quantitative estimate of drug-likeness (QED) is 0.902. The van der Waals surface area contributed by atoms with E-state index in [0.717, 1.165) is 12.1 Å². The molecule has 0 aromatic heterocycles. The van der Waals surface area contributed by atoms with Gasteiger partial charge in [0.2, 0.25) is 0 Å². The highest BCUT2D eigenvalue weighted by Crippen LogP contribution is 2.20. The molecule has 0 saturated heterocycles. The number of carbonyl (C=O) groups excluding carboxylic acids is 1. The monoisotopic (exact) mass is 343 g/mol. The molecule has 0 saturated carbocycles. The number of halogens is 4. The molecule has 104 valence electrons. The summed E-state index contributed by atoms with van der Waals surface area (Å²) in [5, 5.41) is 2.51. The molecule has 2 aromatic carbocycles. The van der Waals surface area contributed by atoms with Gasteiger partial charge in [0.25, 0.3) is 5.91 Å². The fourth-order valence-corrected chi connectivity index (χ4v) is 2.05. The minimum absolute atomic E-state index is 0.0129. The Kier molecular flexibility index (Phi) is 4.44. The Morgan fingerprint density at radius 1 is 1.05 bits per heavy atom. The van der Waals surface area contributed by atoms with E-state index in [1.807, 2.05) is 0 Å². The van der Waals surface area contributed by atoms with Crippen molar-refractivity contribution in [1.82, 2.24) is 5.32 Å². The standard InChI is InChI=1S/C14H9BrF3NO/c15-13-9(2-1-3-11(13)17)14(20)19-7-8-4-5-10(16)12(18)6-8/h1-6H,7H2,(H,19,20). The van der Waals surface area contributed by atoms with E-state index in [1.54, 1.807) is 0 Å². The lowest BCUT2D eigenvalue weighted by Gasteiger charge is -2.07. The Labute approximate surface area is 121 Å². The van der Waals surface area contributed by atoms with Crippen molar-refractivity contribution in [3.63, 3.8) is 0 Å². The SMILES string of the molecule is O=C(NCc1ccc(F)c(F)c1)c1cccc(F)c1Br. The van der Waals surface area contributed by atoms with Gasteiger partial charge in [-0.2, -0.15) is 0 Å². The van der Waals surface area contributed by atoms with Crippen LogP contribution in [0.15, 0.2) is 40.9 Å². The van der Waals surface area contributed by atoms with Crippen molar-refractivity contribution in [1.29, 1.82) is 0 Å². The van der Waals surface area contributed by atoms with Crippen molar-refractivity contribution in [2.45, 2.75) is 6.54 Å². The molecule has 1 N–H and O–H groups in total. The van der Waals surface area contributed by atoms with Gasteiger partial charge in [0.1, 0.15) is 5.82 Å². The molecule has 0 bridgehead atoms. The second kappa shape index (κ2) is 6.09. The topological polar surface area (TPSA) is 29.1 Å². The Bertz CT molecular complexity index is 661. The first-order valence-electron chi connectivity index (χ1n) is 5.65. The molecule has 0 spiro atoms. The smallest absolute Gasteiger partial charge is 0.252 e. The summed E-state index contributed by atoms with van der Waals surface area (Å²) in [7, 11) is 0. The molecular weight excluding hydrogens is 335 g/mol. The van der Waals surface area contributed by atoms with E-state index >= 15 is 0 Å². The van der Waals surface area contributed by atoms with Crippen molar-refractivity contribution in [3.8, 4) is 0 Å². The number of amides is 1. The summed E-state index contributed by atoms with van der Waals surface area (Å²) in [6, 6.07) is 7.42. The molecule has 0 heterocycles. The average molecular weight is 344 g/mol. The Morgan fingerprint density at radius 3 is 2.50 bits per heavy atom.